The van der Waals surface area contributed by atoms with E-state index in [4.69, 9.17) is 4.74 Å². The molecule has 3 nitrogen and oxygen atoms in total. The monoisotopic (exact) mass is 312 g/mol. The summed E-state index contributed by atoms with van der Waals surface area (Å²) in [6, 6.07) is 3.95. The molecule has 0 N–H and O–H groups in total. The van der Waals surface area contributed by atoms with Crippen molar-refractivity contribution in [3.8, 4) is 0 Å². The number of hydrogen-bond acceptors (Lipinski definition) is 2. The molecule has 1 aliphatic rings. The second-order valence-corrected chi connectivity index (χ2v) is 5.80. The lowest BCUT2D eigenvalue weighted by molar-refractivity contribution is -0.137. The Bertz CT molecular complexity index is 672. The van der Waals surface area contributed by atoms with Crippen molar-refractivity contribution < 1.29 is 17.9 Å². The van der Waals surface area contributed by atoms with Crippen LogP contribution in [0.25, 0.3) is 11.0 Å². The summed E-state index contributed by atoms with van der Waals surface area (Å²) in [7, 11) is 0. The minimum absolute atomic E-state index is 0.115. The average molecular weight is 312 g/mol. The SMILES string of the molecule is CCC(C)n1c(C2CCCO2)nc2cc(C(F)(F)F)ccc21. The Morgan fingerprint density at radius 1 is 1.41 bits per heavy atom. The van der Waals surface area contributed by atoms with Crippen LogP contribution < -0.4 is 0 Å². The summed E-state index contributed by atoms with van der Waals surface area (Å²) in [5, 5.41) is 0. The smallest absolute Gasteiger partial charge is 0.370 e. The molecule has 0 amide bonds. The van der Waals surface area contributed by atoms with E-state index in [-0.39, 0.29) is 12.1 Å². The number of fused-ring (bicyclic) bond motifs is 1. The first kappa shape index (κ1) is 15.3. The molecular weight excluding hydrogens is 293 g/mol. The van der Waals surface area contributed by atoms with Crippen LogP contribution in [0.1, 0.15) is 56.6 Å². The van der Waals surface area contributed by atoms with E-state index in [0.717, 1.165) is 42.7 Å². The molecular formula is C16H19F3N2O. The first-order valence-corrected chi connectivity index (χ1v) is 7.62. The molecule has 3 rings (SSSR count). The Balaban J connectivity index is 2.16. The normalized spacial score (nSPS) is 20.7. The first-order chi connectivity index (χ1) is 10.4. The summed E-state index contributed by atoms with van der Waals surface area (Å²) in [6.45, 7) is 4.79. The number of aromatic nitrogens is 2. The molecule has 1 aromatic carbocycles. The highest BCUT2D eigenvalue weighted by Crippen LogP contribution is 2.36. The molecule has 22 heavy (non-hydrogen) atoms. The van der Waals surface area contributed by atoms with E-state index in [1.807, 2.05) is 4.57 Å². The van der Waals surface area contributed by atoms with Crippen molar-refractivity contribution in [2.45, 2.75) is 51.4 Å². The molecule has 0 spiro atoms. The van der Waals surface area contributed by atoms with Crippen molar-refractivity contribution in [3.63, 3.8) is 0 Å². The van der Waals surface area contributed by atoms with Crippen LogP contribution in [0.5, 0.6) is 0 Å². The molecule has 2 atom stereocenters. The Hall–Kier alpha value is -1.56. The number of alkyl halides is 3. The lowest BCUT2D eigenvalue weighted by Gasteiger charge is -2.18. The molecule has 120 valence electrons. The van der Waals surface area contributed by atoms with E-state index in [2.05, 4.69) is 18.8 Å². The second-order valence-electron chi connectivity index (χ2n) is 5.80. The molecule has 6 heteroatoms. The van der Waals surface area contributed by atoms with E-state index < -0.39 is 11.7 Å². The molecule has 1 saturated heterocycles. The highest BCUT2D eigenvalue weighted by molar-refractivity contribution is 5.77. The average Bonchev–Trinajstić information content (AvgIpc) is 3.11. The molecule has 1 aliphatic heterocycles. The fourth-order valence-corrected chi connectivity index (χ4v) is 2.95. The second kappa shape index (κ2) is 5.57. The predicted molar refractivity (Wildman–Crippen MR) is 77.7 cm³/mol. The lowest BCUT2D eigenvalue weighted by Crippen LogP contribution is -2.12. The number of hydrogen-bond donors (Lipinski definition) is 0. The summed E-state index contributed by atoms with van der Waals surface area (Å²) in [6.07, 6.45) is -1.76. The lowest BCUT2D eigenvalue weighted by atomic mass is 10.1. The number of imidazole rings is 1. The fraction of sp³-hybridized carbons (Fsp3) is 0.562. The van der Waals surface area contributed by atoms with Gasteiger partial charge in [-0.05, 0) is 44.4 Å². The quantitative estimate of drug-likeness (QED) is 0.808. The van der Waals surface area contributed by atoms with Crippen LogP contribution in [0.2, 0.25) is 0 Å². The number of benzene rings is 1. The van der Waals surface area contributed by atoms with E-state index in [1.54, 1.807) is 0 Å². The predicted octanol–water partition coefficient (Wildman–Crippen LogP) is 4.88. The Morgan fingerprint density at radius 3 is 2.77 bits per heavy atom. The van der Waals surface area contributed by atoms with Crippen molar-refractivity contribution >= 4 is 11.0 Å². The van der Waals surface area contributed by atoms with Gasteiger partial charge in [0.2, 0.25) is 0 Å². The van der Waals surface area contributed by atoms with Crippen LogP contribution in [-0.4, -0.2) is 16.2 Å². The van der Waals surface area contributed by atoms with Gasteiger partial charge in [0.25, 0.3) is 0 Å². The Labute approximate surface area is 127 Å². The van der Waals surface area contributed by atoms with Gasteiger partial charge in [0.05, 0.1) is 16.6 Å². The molecule has 0 radical (unpaired) electrons. The van der Waals surface area contributed by atoms with Gasteiger partial charge in [-0.15, -0.1) is 0 Å². The zero-order chi connectivity index (χ0) is 15.9. The highest BCUT2D eigenvalue weighted by Gasteiger charge is 2.32. The van der Waals surface area contributed by atoms with Crippen molar-refractivity contribution in [2.24, 2.45) is 0 Å². The number of rotatable bonds is 3. The molecule has 2 unspecified atom stereocenters. The summed E-state index contributed by atoms with van der Waals surface area (Å²) < 4.78 is 46.4. The zero-order valence-corrected chi connectivity index (χ0v) is 12.7. The fourth-order valence-electron chi connectivity index (χ4n) is 2.95. The van der Waals surface area contributed by atoms with Crippen molar-refractivity contribution in [3.05, 3.63) is 29.6 Å². The maximum atomic E-state index is 12.9. The van der Waals surface area contributed by atoms with Crippen LogP contribution in [0, 0.1) is 0 Å². The van der Waals surface area contributed by atoms with Crippen molar-refractivity contribution in [1.82, 2.24) is 9.55 Å². The summed E-state index contributed by atoms with van der Waals surface area (Å²) in [4.78, 5) is 4.48. The summed E-state index contributed by atoms with van der Waals surface area (Å²) >= 11 is 0. The third kappa shape index (κ3) is 2.60. The standard InChI is InChI=1S/C16H19F3N2O/c1-3-10(2)21-13-7-6-11(16(17,18)19)9-12(13)20-15(21)14-5-4-8-22-14/h6-7,9-10,14H,3-5,8H2,1-2H3. The summed E-state index contributed by atoms with van der Waals surface area (Å²) in [5.74, 6) is 0.751. The maximum absolute atomic E-state index is 12.9. The molecule has 0 saturated carbocycles. The topological polar surface area (TPSA) is 27.1 Å². The minimum Gasteiger partial charge on any atom is -0.370 e. The van der Waals surface area contributed by atoms with Crippen molar-refractivity contribution in [1.29, 1.82) is 0 Å². The highest BCUT2D eigenvalue weighted by atomic mass is 19.4. The van der Waals surface area contributed by atoms with Gasteiger partial charge in [0, 0.05) is 12.6 Å². The number of halogens is 3. The van der Waals surface area contributed by atoms with Gasteiger partial charge < -0.3 is 9.30 Å². The van der Waals surface area contributed by atoms with Crippen molar-refractivity contribution in [2.75, 3.05) is 6.61 Å². The van der Waals surface area contributed by atoms with Gasteiger partial charge in [0.1, 0.15) is 11.9 Å². The third-order valence-electron chi connectivity index (χ3n) is 4.29. The first-order valence-electron chi connectivity index (χ1n) is 7.62. The molecule has 2 heterocycles. The van der Waals surface area contributed by atoms with Crippen LogP contribution >= 0.6 is 0 Å². The van der Waals surface area contributed by atoms with Gasteiger partial charge in [-0.2, -0.15) is 13.2 Å². The molecule has 0 bridgehead atoms. The largest absolute Gasteiger partial charge is 0.416 e. The maximum Gasteiger partial charge on any atom is 0.416 e. The summed E-state index contributed by atoms with van der Waals surface area (Å²) in [5.41, 5.74) is 0.473. The molecule has 1 aromatic heterocycles. The minimum atomic E-state index is -4.35. The van der Waals surface area contributed by atoms with Crippen LogP contribution in [0.15, 0.2) is 18.2 Å². The van der Waals surface area contributed by atoms with Crippen LogP contribution in [-0.2, 0) is 10.9 Å². The molecule has 0 aliphatic carbocycles. The van der Waals surface area contributed by atoms with E-state index >= 15 is 0 Å². The number of ether oxygens (including phenoxy) is 1. The van der Waals surface area contributed by atoms with Gasteiger partial charge in [0.15, 0.2) is 0 Å². The zero-order valence-electron chi connectivity index (χ0n) is 12.7. The van der Waals surface area contributed by atoms with Crippen LogP contribution in [0.3, 0.4) is 0 Å². The molecule has 2 aromatic rings. The molecule has 1 fully saturated rings. The number of nitrogens with zero attached hydrogens (tertiary/aromatic N) is 2. The van der Waals surface area contributed by atoms with Gasteiger partial charge in [-0.25, -0.2) is 4.98 Å². The van der Waals surface area contributed by atoms with Gasteiger partial charge in [-0.3, -0.25) is 0 Å². The van der Waals surface area contributed by atoms with Crippen LogP contribution in [0.4, 0.5) is 13.2 Å². The van der Waals surface area contributed by atoms with Gasteiger partial charge in [-0.1, -0.05) is 6.92 Å². The van der Waals surface area contributed by atoms with E-state index in [9.17, 15) is 13.2 Å². The Morgan fingerprint density at radius 2 is 2.18 bits per heavy atom. The van der Waals surface area contributed by atoms with E-state index in [1.165, 1.54) is 6.07 Å². The van der Waals surface area contributed by atoms with Gasteiger partial charge >= 0.3 is 6.18 Å². The third-order valence-corrected chi connectivity index (χ3v) is 4.29. The van der Waals surface area contributed by atoms with E-state index in [0.29, 0.717) is 12.1 Å². The Kier molecular flexibility index (Phi) is 3.89.